The lowest BCUT2D eigenvalue weighted by Gasteiger charge is -2.14. The lowest BCUT2D eigenvalue weighted by atomic mass is 9.95. The third kappa shape index (κ3) is 5.41. The third-order valence-corrected chi connectivity index (χ3v) is 7.65. The number of hydrogen-bond donors (Lipinski definition) is 3. The van der Waals surface area contributed by atoms with E-state index in [1.54, 1.807) is 11.3 Å². The first-order valence-corrected chi connectivity index (χ1v) is 11.4. The number of anilines is 1. The molecule has 6 N–H and O–H groups in total. The number of nitrogen functional groups attached to an aromatic ring is 1. The zero-order chi connectivity index (χ0) is 20.9. The van der Waals surface area contributed by atoms with Crippen LogP contribution in [0.4, 0.5) is 5.69 Å². The first kappa shape index (κ1) is 23.0. The van der Waals surface area contributed by atoms with Gasteiger partial charge in [-0.1, -0.05) is 32.4 Å². The summed E-state index contributed by atoms with van der Waals surface area (Å²) in [5.41, 5.74) is 16.9. The van der Waals surface area contributed by atoms with E-state index in [0.29, 0.717) is 0 Å². The Labute approximate surface area is 180 Å². The summed E-state index contributed by atoms with van der Waals surface area (Å²) in [5, 5.41) is 6.23. The monoisotopic (exact) mass is 440 g/mol. The second-order valence-electron chi connectivity index (χ2n) is 7.83. The molecular weight excluding hydrogens is 412 g/mol. The van der Waals surface area contributed by atoms with E-state index in [2.05, 4.69) is 26.5 Å². The summed E-state index contributed by atoms with van der Waals surface area (Å²) in [6.07, 6.45) is 7.34. The molecule has 0 fully saturated rings. The summed E-state index contributed by atoms with van der Waals surface area (Å²) < 4.78 is 1.00. The second kappa shape index (κ2) is 9.96. The van der Waals surface area contributed by atoms with E-state index >= 15 is 0 Å². The van der Waals surface area contributed by atoms with Crippen LogP contribution in [0.5, 0.6) is 0 Å². The maximum atomic E-state index is 8.58. The molecule has 2 aromatic rings. The Morgan fingerprint density at radius 1 is 1.14 bits per heavy atom. The number of carbonyl (C=O) groups is 1. The summed E-state index contributed by atoms with van der Waals surface area (Å²) in [6.45, 7) is 6.50. The molecule has 0 bridgehead atoms. The van der Waals surface area contributed by atoms with Crippen LogP contribution in [0.1, 0.15) is 61.0 Å². The van der Waals surface area contributed by atoms with Gasteiger partial charge in [-0.2, -0.15) is 0 Å². The van der Waals surface area contributed by atoms with Gasteiger partial charge in [0.1, 0.15) is 0 Å². The van der Waals surface area contributed by atoms with Crippen LogP contribution in [0.2, 0.25) is 5.02 Å². The normalized spacial score (nSPS) is 14.3. The highest BCUT2D eigenvalue weighted by atomic mass is 35.5. The van der Waals surface area contributed by atoms with Gasteiger partial charge >= 0.3 is 0 Å². The van der Waals surface area contributed by atoms with E-state index in [4.69, 9.17) is 32.3 Å². The van der Waals surface area contributed by atoms with Crippen molar-refractivity contribution in [3.05, 3.63) is 38.5 Å². The zero-order valence-electron chi connectivity index (χ0n) is 16.7. The molecule has 2 aliphatic rings. The molecule has 154 valence electrons. The Morgan fingerprint density at radius 2 is 1.64 bits per heavy atom. The van der Waals surface area contributed by atoms with Crippen LogP contribution < -0.4 is 16.6 Å². The molecule has 2 aliphatic carbocycles. The summed E-state index contributed by atoms with van der Waals surface area (Å²) in [5.74, 6) is 0. The highest BCUT2D eigenvalue weighted by Gasteiger charge is 2.23. The molecule has 0 aromatic carbocycles. The highest BCUT2D eigenvalue weighted by molar-refractivity contribution is 7.99. The lowest BCUT2D eigenvalue weighted by molar-refractivity contribution is -0.106. The van der Waals surface area contributed by atoms with Crippen LogP contribution in [0.15, 0.2) is 10.3 Å². The van der Waals surface area contributed by atoms with E-state index in [-0.39, 0.29) is 11.8 Å². The van der Waals surface area contributed by atoms with Crippen molar-refractivity contribution in [2.45, 2.75) is 68.9 Å². The number of aromatic nitrogens is 1. The van der Waals surface area contributed by atoms with E-state index in [1.165, 1.54) is 52.2 Å². The minimum absolute atomic E-state index is 0.169. The van der Waals surface area contributed by atoms with Gasteiger partial charge in [-0.25, -0.2) is 0 Å². The molecule has 5 nitrogen and oxygen atoms in total. The number of primary amides is 1. The van der Waals surface area contributed by atoms with Gasteiger partial charge in [-0.3, -0.25) is 14.9 Å². The topological polar surface area (TPSA) is 108 Å². The Balaban J connectivity index is 0.000000177. The maximum Gasteiger partial charge on any atom is 0.204 e. The molecule has 4 rings (SSSR count). The minimum Gasteiger partial charge on any atom is -0.398 e. The zero-order valence-corrected chi connectivity index (χ0v) is 19.1. The number of pyridine rings is 1. The average molecular weight is 441 g/mol. The van der Waals surface area contributed by atoms with E-state index in [0.717, 1.165) is 40.6 Å². The molecule has 0 aliphatic heterocycles. The molecule has 0 radical (unpaired) electrons. The van der Waals surface area contributed by atoms with E-state index in [1.807, 2.05) is 6.07 Å². The van der Waals surface area contributed by atoms with Crippen LogP contribution in [-0.4, -0.2) is 11.4 Å². The van der Waals surface area contributed by atoms with Gasteiger partial charge < -0.3 is 11.5 Å². The van der Waals surface area contributed by atoms with Crippen molar-refractivity contribution in [1.29, 1.82) is 0 Å². The van der Waals surface area contributed by atoms with Crippen molar-refractivity contribution in [2.75, 3.05) is 5.73 Å². The largest absolute Gasteiger partial charge is 0.398 e. The number of carbonyl (C=O) groups excluding carboxylic acids is 1. The number of rotatable bonds is 1. The molecule has 0 unspecified atom stereocenters. The number of thiophene rings is 1. The molecule has 2 heterocycles. The van der Waals surface area contributed by atoms with Crippen LogP contribution in [-0.2, 0) is 35.9 Å². The molecule has 8 heteroatoms. The predicted octanol–water partition coefficient (Wildman–Crippen LogP) is 4.41. The number of fused-ring (bicyclic) bond motifs is 2. The molecular formula is C20H29ClN4OS2. The average Bonchev–Trinajstić information content (AvgIpc) is 3.34. The highest BCUT2D eigenvalue weighted by Crippen LogP contribution is 2.38. The van der Waals surface area contributed by atoms with Crippen molar-refractivity contribution in [3.8, 4) is 0 Å². The number of nitrogens with zero attached hydrogens (tertiary/aromatic N) is 1. The van der Waals surface area contributed by atoms with E-state index < -0.39 is 0 Å². The van der Waals surface area contributed by atoms with Crippen LogP contribution in [0.3, 0.4) is 0 Å². The molecule has 0 saturated heterocycles. The number of halogens is 1. The van der Waals surface area contributed by atoms with Crippen LogP contribution in [0.25, 0.3) is 0 Å². The number of aryl methyl sites for hydroxylation is 2. The second-order valence-corrected chi connectivity index (χ2v) is 10.2. The van der Waals surface area contributed by atoms with Gasteiger partial charge in [0.25, 0.3) is 0 Å². The molecule has 28 heavy (non-hydrogen) atoms. The van der Waals surface area contributed by atoms with Gasteiger partial charge in [0, 0.05) is 22.0 Å². The van der Waals surface area contributed by atoms with Crippen molar-refractivity contribution in [1.82, 2.24) is 4.98 Å². The smallest absolute Gasteiger partial charge is 0.204 e. The Bertz CT molecular complexity index is 798. The fourth-order valence-corrected chi connectivity index (χ4v) is 5.33. The summed E-state index contributed by atoms with van der Waals surface area (Å²) in [6, 6.07) is 2.00. The van der Waals surface area contributed by atoms with Crippen molar-refractivity contribution in [3.63, 3.8) is 0 Å². The summed E-state index contributed by atoms with van der Waals surface area (Å²) in [4.78, 5) is 14.6. The van der Waals surface area contributed by atoms with Crippen LogP contribution >= 0.6 is 34.9 Å². The van der Waals surface area contributed by atoms with Crippen molar-refractivity contribution < 1.29 is 4.79 Å². The molecule has 1 amide bonds. The molecule has 0 saturated carbocycles. The summed E-state index contributed by atoms with van der Waals surface area (Å²) in [7, 11) is 0. The summed E-state index contributed by atoms with van der Waals surface area (Å²) >= 11 is 8.85. The lowest BCUT2D eigenvalue weighted by Crippen LogP contribution is -2.07. The number of nitrogens with two attached hydrogens (primary N) is 3. The molecule has 2 aromatic heterocycles. The fraction of sp³-hybridized carbons (Fsp3) is 0.500. The number of hydrogen-bond acceptors (Lipinski definition) is 6. The van der Waals surface area contributed by atoms with Gasteiger partial charge in [0.05, 0.1) is 9.23 Å². The Kier molecular flexibility index (Phi) is 8.18. The van der Waals surface area contributed by atoms with Crippen LogP contribution in [0, 0.1) is 0 Å². The van der Waals surface area contributed by atoms with Gasteiger partial charge in [-0.05, 0) is 73.1 Å². The van der Waals surface area contributed by atoms with Crippen molar-refractivity contribution >= 4 is 47.0 Å². The minimum atomic E-state index is 0.169. The third-order valence-electron chi connectivity index (χ3n) is 4.80. The fourth-order valence-electron chi connectivity index (χ4n) is 3.43. The molecule has 0 spiro atoms. The first-order chi connectivity index (χ1) is 13.2. The SMILES string of the molecule is CC(C)(C)c1cc(Cl)c(SN)s1.NC=O.Nc1c2c(nc3c1CCC3)CCC2. The standard InChI is InChI=1S/C11H14N2.C8H12ClNS2.CH3NO/c12-11-7-3-1-5-9(7)13-10-6-2-4-8(10)11;1-8(2,3)6-4-5(9)7(11-6)12-10;2-1-3/h1-6H2,(H2,12,13);4H,10H2,1-3H3;1H,(H2,2,3). The molecule has 0 atom stereocenters. The Morgan fingerprint density at radius 3 is 2.00 bits per heavy atom. The first-order valence-electron chi connectivity index (χ1n) is 9.33. The van der Waals surface area contributed by atoms with Gasteiger partial charge in [0.15, 0.2) is 0 Å². The number of amides is 1. The maximum absolute atomic E-state index is 8.58. The van der Waals surface area contributed by atoms with Gasteiger partial charge in [-0.15, -0.1) is 11.3 Å². The predicted molar refractivity (Wildman–Crippen MR) is 121 cm³/mol. The van der Waals surface area contributed by atoms with Gasteiger partial charge in [0.2, 0.25) is 6.41 Å². The Hall–Kier alpha value is -1.28. The van der Waals surface area contributed by atoms with Crippen molar-refractivity contribution in [2.24, 2.45) is 10.9 Å². The quantitative estimate of drug-likeness (QED) is 0.449. The van der Waals surface area contributed by atoms with E-state index in [9.17, 15) is 0 Å².